The molecule has 21 heavy (non-hydrogen) atoms. The summed E-state index contributed by atoms with van der Waals surface area (Å²) in [6.07, 6.45) is 1.99. The van der Waals surface area contributed by atoms with Crippen LogP contribution in [0.25, 0.3) is 0 Å². The van der Waals surface area contributed by atoms with Crippen molar-refractivity contribution in [2.45, 2.75) is 31.1 Å². The lowest BCUT2D eigenvalue weighted by atomic mass is 10.1. The molecular formula is C12H21N3O4S2. The van der Waals surface area contributed by atoms with Gasteiger partial charge in [-0.2, -0.15) is 8.42 Å². The van der Waals surface area contributed by atoms with Crippen LogP contribution in [0.4, 0.5) is 0 Å². The van der Waals surface area contributed by atoms with E-state index in [0.717, 1.165) is 12.0 Å². The van der Waals surface area contributed by atoms with Crippen LogP contribution in [0.5, 0.6) is 0 Å². The predicted molar refractivity (Wildman–Crippen MR) is 81.4 cm³/mol. The molecule has 120 valence electrons. The molecule has 1 rings (SSSR count). The summed E-state index contributed by atoms with van der Waals surface area (Å²) in [5.41, 5.74) is 0.920. The summed E-state index contributed by atoms with van der Waals surface area (Å²) in [4.78, 5) is 0.0655. The second-order valence-electron chi connectivity index (χ2n) is 4.58. The summed E-state index contributed by atoms with van der Waals surface area (Å²) in [7, 11) is -7.09. The molecule has 0 aliphatic heterocycles. The SMILES string of the molecule is CCCNS(=O)(=O)NCCCc1ccc(S(N)(=O)=O)cc1. The highest BCUT2D eigenvalue weighted by Crippen LogP contribution is 2.10. The summed E-state index contributed by atoms with van der Waals surface area (Å²) in [5.74, 6) is 0. The van der Waals surface area contributed by atoms with Gasteiger partial charge in [0.1, 0.15) is 0 Å². The minimum atomic E-state index is -3.67. The van der Waals surface area contributed by atoms with Crippen LogP contribution in [0.2, 0.25) is 0 Å². The Labute approximate surface area is 126 Å². The zero-order valence-corrected chi connectivity index (χ0v) is 13.5. The van der Waals surface area contributed by atoms with E-state index < -0.39 is 20.2 Å². The van der Waals surface area contributed by atoms with Gasteiger partial charge in [0.25, 0.3) is 10.2 Å². The van der Waals surface area contributed by atoms with Crippen LogP contribution >= 0.6 is 0 Å². The molecule has 4 N–H and O–H groups in total. The zero-order chi connectivity index (χ0) is 15.9. The van der Waals surface area contributed by atoms with Crippen molar-refractivity contribution in [2.24, 2.45) is 5.14 Å². The molecule has 0 fully saturated rings. The third kappa shape index (κ3) is 7.00. The fourth-order valence-electron chi connectivity index (χ4n) is 1.63. The van der Waals surface area contributed by atoms with Crippen molar-refractivity contribution >= 4 is 20.2 Å². The van der Waals surface area contributed by atoms with Crippen LogP contribution in [-0.4, -0.2) is 29.9 Å². The summed E-state index contributed by atoms with van der Waals surface area (Å²) >= 11 is 0. The highest BCUT2D eigenvalue weighted by atomic mass is 32.2. The molecule has 0 bridgehead atoms. The minimum absolute atomic E-state index is 0.0655. The van der Waals surface area contributed by atoms with Crippen LogP contribution in [-0.2, 0) is 26.7 Å². The summed E-state index contributed by atoms with van der Waals surface area (Å²) in [5, 5.41) is 5.00. The van der Waals surface area contributed by atoms with Crippen molar-refractivity contribution in [3.63, 3.8) is 0 Å². The van der Waals surface area contributed by atoms with Gasteiger partial charge in [0.2, 0.25) is 10.0 Å². The maximum Gasteiger partial charge on any atom is 0.276 e. The maximum atomic E-state index is 11.5. The number of primary sulfonamides is 1. The Kier molecular flexibility index (Phi) is 6.75. The standard InChI is InChI=1S/C12H21N3O4S2/c1-2-9-14-21(18,19)15-10-3-4-11-5-7-12(8-6-11)20(13,16)17/h5-8,14-15H,2-4,9-10H2,1H3,(H2,13,16,17). The summed E-state index contributed by atoms with van der Waals surface area (Å²) < 4.78 is 50.0. The first-order valence-electron chi connectivity index (χ1n) is 6.60. The van der Waals surface area contributed by atoms with Gasteiger partial charge in [0.15, 0.2) is 0 Å². The van der Waals surface area contributed by atoms with E-state index in [9.17, 15) is 16.8 Å². The molecular weight excluding hydrogens is 314 g/mol. The molecule has 0 unspecified atom stereocenters. The first kappa shape index (κ1) is 18.1. The van der Waals surface area contributed by atoms with Crippen molar-refractivity contribution < 1.29 is 16.8 Å². The van der Waals surface area contributed by atoms with E-state index >= 15 is 0 Å². The Bertz CT molecular complexity index is 640. The van der Waals surface area contributed by atoms with Gasteiger partial charge in [-0.05, 0) is 37.0 Å². The van der Waals surface area contributed by atoms with Gasteiger partial charge in [-0.3, -0.25) is 0 Å². The second-order valence-corrected chi connectivity index (χ2v) is 7.73. The van der Waals surface area contributed by atoms with Crippen molar-refractivity contribution in [3.05, 3.63) is 29.8 Å². The molecule has 0 aromatic heterocycles. The molecule has 0 atom stereocenters. The highest BCUT2D eigenvalue weighted by molar-refractivity contribution is 7.89. The van der Waals surface area contributed by atoms with Crippen LogP contribution < -0.4 is 14.6 Å². The van der Waals surface area contributed by atoms with E-state index in [-0.39, 0.29) is 4.90 Å². The van der Waals surface area contributed by atoms with E-state index in [4.69, 9.17) is 5.14 Å². The van der Waals surface area contributed by atoms with Crippen molar-refractivity contribution in [1.82, 2.24) is 9.44 Å². The smallest absolute Gasteiger partial charge is 0.225 e. The molecule has 0 radical (unpaired) electrons. The number of hydrogen-bond acceptors (Lipinski definition) is 4. The lowest BCUT2D eigenvalue weighted by Crippen LogP contribution is -2.37. The fourth-order valence-corrected chi connectivity index (χ4v) is 3.14. The van der Waals surface area contributed by atoms with E-state index in [2.05, 4.69) is 9.44 Å². The van der Waals surface area contributed by atoms with Gasteiger partial charge in [-0.25, -0.2) is 23.0 Å². The molecule has 0 aliphatic rings. The summed E-state index contributed by atoms with van der Waals surface area (Å²) in [6.45, 7) is 2.61. The van der Waals surface area contributed by atoms with Gasteiger partial charge in [0.05, 0.1) is 4.90 Å². The number of nitrogens with one attached hydrogen (secondary N) is 2. The van der Waals surface area contributed by atoms with E-state index in [1.54, 1.807) is 12.1 Å². The summed E-state index contributed by atoms with van der Waals surface area (Å²) in [6, 6.07) is 6.22. The second kappa shape index (κ2) is 7.85. The van der Waals surface area contributed by atoms with Gasteiger partial charge >= 0.3 is 0 Å². The molecule has 0 heterocycles. The quantitative estimate of drug-likeness (QED) is 0.555. The highest BCUT2D eigenvalue weighted by Gasteiger charge is 2.08. The third-order valence-electron chi connectivity index (χ3n) is 2.73. The molecule has 0 saturated carbocycles. The number of nitrogens with two attached hydrogens (primary N) is 1. The monoisotopic (exact) mass is 335 g/mol. The first-order valence-corrected chi connectivity index (χ1v) is 9.63. The van der Waals surface area contributed by atoms with Gasteiger partial charge in [0, 0.05) is 13.1 Å². The molecule has 9 heteroatoms. The Morgan fingerprint density at radius 2 is 1.57 bits per heavy atom. The Hall–Kier alpha value is -1.00. The van der Waals surface area contributed by atoms with E-state index in [0.29, 0.717) is 25.9 Å². The average Bonchev–Trinajstić information content (AvgIpc) is 2.41. The van der Waals surface area contributed by atoms with Gasteiger partial charge in [-0.15, -0.1) is 0 Å². The molecule has 1 aromatic carbocycles. The van der Waals surface area contributed by atoms with Crippen LogP contribution in [0, 0.1) is 0 Å². The van der Waals surface area contributed by atoms with E-state index in [1.807, 2.05) is 6.92 Å². The normalized spacial score (nSPS) is 12.5. The minimum Gasteiger partial charge on any atom is -0.225 e. The van der Waals surface area contributed by atoms with Crippen molar-refractivity contribution in [2.75, 3.05) is 13.1 Å². The van der Waals surface area contributed by atoms with E-state index in [1.165, 1.54) is 12.1 Å². The number of hydrogen-bond donors (Lipinski definition) is 3. The number of sulfonamides is 1. The van der Waals surface area contributed by atoms with Crippen LogP contribution in [0.1, 0.15) is 25.3 Å². The number of rotatable bonds is 9. The topological polar surface area (TPSA) is 118 Å². The molecule has 7 nitrogen and oxygen atoms in total. The molecule has 0 aliphatic carbocycles. The largest absolute Gasteiger partial charge is 0.276 e. The Morgan fingerprint density at radius 1 is 1.00 bits per heavy atom. The molecule has 0 saturated heterocycles. The number of aryl methyl sites for hydroxylation is 1. The van der Waals surface area contributed by atoms with Crippen molar-refractivity contribution in [3.8, 4) is 0 Å². The first-order chi connectivity index (χ1) is 9.74. The molecule has 1 aromatic rings. The fraction of sp³-hybridized carbons (Fsp3) is 0.500. The Balaban J connectivity index is 2.40. The average molecular weight is 335 g/mol. The van der Waals surface area contributed by atoms with Gasteiger partial charge < -0.3 is 0 Å². The predicted octanol–water partition coefficient (Wildman–Crippen LogP) is 0.101. The zero-order valence-electron chi connectivity index (χ0n) is 11.9. The number of benzene rings is 1. The van der Waals surface area contributed by atoms with Crippen molar-refractivity contribution in [1.29, 1.82) is 0 Å². The molecule has 0 spiro atoms. The van der Waals surface area contributed by atoms with Gasteiger partial charge in [-0.1, -0.05) is 19.1 Å². The third-order valence-corrected chi connectivity index (χ3v) is 4.83. The molecule has 0 amide bonds. The van der Waals surface area contributed by atoms with Crippen LogP contribution in [0.3, 0.4) is 0 Å². The van der Waals surface area contributed by atoms with Crippen LogP contribution in [0.15, 0.2) is 29.2 Å². The lowest BCUT2D eigenvalue weighted by molar-refractivity contribution is 0.563. The lowest BCUT2D eigenvalue weighted by Gasteiger charge is -2.07. The Morgan fingerprint density at radius 3 is 2.10 bits per heavy atom. The maximum absolute atomic E-state index is 11.5.